The third kappa shape index (κ3) is 5.79. The maximum absolute atomic E-state index is 10.4. The summed E-state index contributed by atoms with van der Waals surface area (Å²) in [6.45, 7) is 21.9. The van der Waals surface area contributed by atoms with Gasteiger partial charge in [-0.05, 0) is 28.7 Å². The van der Waals surface area contributed by atoms with Gasteiger partial charge in [0, 0.05) is 46.6 Å². The number of thiophene rings is 1. The average molecular weight is 529 g/mol. The van der Waals surface area contributed by atoms with Gasteiger partial charge in [-0.3, -0.25) is 0 Å². The van der Waals surface area contributed by atoms with Crippen molar-refractivity contribution in [2.24, 2.45) is 0 Å². The van der Waals surface area contributed by atoms with Gasteiger partial charge < -0.3 is 14.8 Å². The van der Waals surface area contributed by atoms with Crippen LogP contribution in [0, 0.1) is 11.5 Å². The summed E-state index contributed by atoms with van der Waals surface area (Å²) in [7, 11) is -4.68. The van der Waals surface area contributed by atoms with E-state index in [0.717, 1.165) is 32.6 Å². The first-order valence-electron chi connectivity index (χ1n) is 12.7. The second-order valence-corrected chi connectivity index (χ2v) is 23.9. The van der Waals surface area contributed by atoms with E-state index in [1.807, 2.05) is 4.68 Å². The van der Waals surface area contributed by atoms with Gasteiger partial charge in [0.25, 0.3) is 0 Å². The normalized spacial score (nSPS) is 12.9. The number of benzene rings is 1. The lowest BCUT2D eigenvalue weighted by Gasteiger charge is -2.38. The smallest absolute Gasteiger partial charge is 0.423 e. The van der Waals surface area contributed by atoms with Gasteiger partial charge in [-0.2, -0.15) is 5.10 Å². The molecule has 2 aromatic heterocycles. The van der Waals surface area contributed by atoms with Crippen LogP contribution in [0.3, 0.4) is 0 Å². The molecule has 5 nitrogen and oxygen atoms in total. The Hall–Kier alpha value is -1.41. The molecule has 0 fully saturated rings. The third-order valence-corrected chi connectivity index (χ3v) is 16.2. The number of rotatable bonds is 9. The van der Waals surface area contributed by atoms with E-state index in [1.165, 1.54) is 0 Å². The monoisotopic (exact) mass is 528 g/mol. The van der Waals surface area contributed by atoms with Crippen LogP contribution in [0.1, 0.15) is 47.1 Å². The Bertz CT molecular complexity index is 1210. The molecule has 0 spiro atoms. The minimum absolute atomic E-state index is 0.351. The van der Waals surface area contributed by atoms with Crippen LogP contribution in [-0.2, 0) is 11.5 Å². The predicted molar refractivity (Wildman–Crippen MR) is 157 cm³/mol. The van der Waals surface area contributed by atoms with E-state index in [2.05, 4.69) is 89.2 Å². The van der Waals surface area contributed by atoms with E-state index in [4.69, 9.17) is 4.74 Å². The maximum atomic E-state index is 10.4. The molecule has 0 aliphatic heterocycles. The van der Waals surface area contributed by atoms with Crippen molar-refractivity contribution >= 4 is 61.1 Å². The van der Waals surface area contributed by atoms with Gasteiger partial charge in [0.05, 0.1) is 11.7 Å². The molecule has 35 heavy (non-hydrogen) atoms. The van der Waals surface area contributed by atoms with Crippen LogP contribution in [-0.4, -0.2) is 49.7 Å². The number of hydrogen-bond donors (Lipinski definition) is 2. The largest absolute Gasteiger partial charge is 0.489 e. The van der Waals surface area contributed by atoms with Crippen molar-refractivity contribution in [1.82, 2.24) is 9.78 Å². The quantitative estimate of drug-likeness (QED) is 0.209. The van der Waals surface area contributed by atoms with E-state index < -0.39 is 23.3 Å². The lowest BCUT2D eigenvalue weighted by atomic mass is 9.75. The number of hydrogen-bond acceptors (Lipinski definition) is 5. The fourth-order valence-electron chi connectivity index (χ4n) is 5.37. The summed E-state index contributed by atoms with van der Waals surface area (Å²) in [6, 6.07) is 3.18. The van der Waals surface area contributed by atoms with Gasteiger partial charge in [-0.15, -0.1) is 16.9 Å². The Morgan fingerprint density at radius 1 is 1.09 bits per heavy atom. The van der Waals surface area contributed by atoms with Crippen LogP contribution in [0.15, 0.2) is 17.6 Å². The van der Waals surface area contributed by atoms with Crippen LogP contribution in [0.25, 0.3) is 21.0 Å². The number of nitrogens with zero attached hydrogens (tertiary/aromatic N) is 2. The number of aromatic nitrogens is 2. The summed E-state index contributed by atoms with van der Waals surface area (Å²) in [5.74, 6) is 3.53. The lowest BCUT2D eigenvalue weighted by molar-refractivity contribution is 0.0817. The molecule has 0 bridgehead atoms. The van der Waals surface area contributed by atoms with Crippen molar-refractivity contribution in [3.8, 4) is 11.5 Å². The van der Waals surface area contributed by atoms with Gasteiger partial charge in [-0.25, -0.2) is 4.68 Å². The highest BCUT2D eigenvalue weighted by atomic mass is 32.1. The molecule has 0 atom stereocenters. The summed E-state index contributed by atoms with van der Waals surface area (Å²) >= 11 is 1.59. The standard InChI is InChI=1S/C26H41BN2O3SSi2/c1-18(2)35(19(3)4,20(5)6)12-10-21-16-33-24-14-23-22(26(25(21)24)27(30)31)15-28-29(23)17-32-11-13-34(7,8)9/h14-16,18-20,30-31H,11,13,17H2,1-9H3. The van der Waals surface area contributed by atoms with Crippen molar-refractivity contribution < 1.29 is 14.8 Å². The first-order valence-corrected chi connectivity index (χ1v) is 19.5. The van der Waals surface area contributed by atoms with Crippen LogP contribution in [0.2, 0.25) is 42.3 Å². The molecule has 0 aliphatic carbocycles. The average Bonchev–Trinajstić information content (AvgIpc) is 3.32. The molecule has 2 heterocycles. The highest BCUT2D eigenvalue weighted by Gasteiger charge is 2.41. The van der Waals surface area contributed by atoms with Crippen molar-refractivity contribution in [3.63, 3.8) is 0 Å². The molecule has 0 saturated carbocycles. The zero-order valence-corrected chi connectivity index (χ0v) is 25.6. The van der Waals surface area contributed by atoms with Crippen molar-refractivity contribution in [1.29, 1.82) is 0 Å². The zero-order valence-electron chi connectivity index (χ0n) is 22.8. The van der Waals surface area contributed by atoms with Gasteiger partial charge in [0.1, 0.15) is 14.8 Å². The summed E-state index contributed by atoms with van der Waals surface area (Å²) in [5.41, 5.74) is 7.62. The minimum Gasteiger partial charge on any atom is -0.423 e. The Balaban J connectivity index is 2.08. The third-order valence-electron chi connectivity index (χ3n) is 7.27. The van der Waals surface area contributed by atoms with Crippen LogP contribution >= 0.6 is 11.3 Å². The molecule has 0 aliphatic rings. The molecule has 0 unspecified atom stereocenters. The molecule has 3 aromatic rings. The summed E-state index contributed by atoms with van der Waals surface area (Å²) in [5, 5.41) is 29.0. The van der Waals surface area contributed by atoms with E-state index in [-0.39, 0.29) is 0 Å². The van der Waals surface area contributed by atoms with E-state index >= 15 is 0 Å². The molecule has 9 heteroatoms. The molecule has 1 aromatic carbocycles. The first-order chi connectivity index (χ1) is 16.3. The molecule has 0 saturated heterocycles. The summed E-state index contributed by atoms with van der Waals surface area (Å²) < 4.78 is 8.71. The highest BCUT2D eigenvalue weighted by molar-refractivity contribution is 7.17. The topological polar surface area (TPSA) is 67.5 Å². The van der Waals surface area contributed by atoms with E-state index in [1.54, 1.807) is 17.5 Å². The summed E-state index contributed by atoms with van der Waals surface area (Å²) in [6.07, 6.45) is 1.72. The highest BCUT2D eigenvalue weighted by Crippen LogP contribution is 2.41. The Morgan fingerprint density at radius 3 is 2.26 bits per heavy atom. The van der Waals surface area contributed by atoms with E-state index in [9.17, 15) is 10.0 Å². The van der Waals surface area contributed by atoms with Crippen LogP contribution in [0.4, 0.5) is 0 Å². The second kappa shape index (κ2) is 10.9. The van der Waals surface area contributed by atoms with Gasteiger partial charge in [0.2, 0.25) is 0 Å². The predicted octanol–water partition coefficient (Wildman–Crippen LogP) is 5.81. The Labute approximate surface area is 217 Å². The molecule has 0 radical (unpaired) electrons. The second-order valence-electron chi connectivity index (χ2n) is 11.8. The minimum atomic E-state index is -1.91. The van der Waals surface area contributed by atoms with Crippen LogP contribution < -0.4 is 5.46 Å². The van der Waals surface area contributed by atoms with Crippen molar-refractivity contribution in [2.75, 3.05) is 6.61 Å². The van der Waals surface area contributed by atoms with Gasteiger partial charge in [-0.1, -0.05) is 67.1 Å². The zero-order chi connectivity index (χ0) is 26.1. The fourth-order valence-corrected chi connectivity index (χ4v) is 12.3. The van der Waals surface area contributed by atoms with Gasteiger partial charge in [0.15, 0.2) is 0 Å². The van der Waals surface area contributed by atoms with Crippen molar-refractivity contribution in [3.05, 3.63) is 23.2 Å². The number of fused-ring (bicyclic) bond motifs is 2. The van der Waals surface area contributed by atoms with Crippen molar-refractivity contribution in [2.45, 2.75) is 90.6 Å². The number of ether oxygens (including phenoxy) is 1. The summed E-state index contributed by atoms with van der Waals surface area (Å²) in [4.78, 5) is 0. The molecule has 2 N–H and O–H groups in total. The molecule has 190 valence electrons. The molecule has 0 amide bonds. The SMILES string of the molecule is CC(C)[Si](C#Cc1csc2cc3c(cnn3COCC[Si](C)(C)C)c(B(O)O)c12)(C(C)C)C(C)C. The Kier molecular flexibility index (Phi) is 8.78. The lowest BCUT2D eigenvalue weighted by Crippen LogP contribution is -2.43. The molecule has 3 rings (SSSR count). The molecular formula is C26H41BN2O3SSi2. The first kappa shape index (κ1) is 28.2. The molecular weight excluding hydrogens is 487 g/mol. The van der Waals surface area contributed by atoms with Gasteiger partial charge >= 0.3 is 7.12 Å². The van der Waals surface area contributed by atoms with Crippen LogP contribution in [0.5, 0.6) is 0 Å². The maximum Gasteiger partial charge on any atom is 0.489 e. The Morgan fingerprint density at radius 2 is 1.71 bits per heavy atom. The van der Waals surface area contributed by atoms with E-state index in [0.29, 0.717) is 35.4 Å². The fraction of sp³-hybridized carbons (Fsp3) is 0.577.